The molecule has 1 heterocycles. The smallest absolute Gasteiger partial charge is 0.224 e. The van der Waals surface area contributed by atoms with E-state index in [0.29, 0.717) is 13.0 Å². The number of fused-ring (bicyclic) bond motifs is 1. The van der Waals surface area contributed by atoms with Gasteiger partial charge in [0.25, 0.3) is 0 Å². The van der Waals surface area contributed by atoms with Crippen LogP contribution in [0.25, 0.3) is 10.9 Å². The summed E-state index contributed by atoms with van der Waals surface area (Å²) in [5.41, 5.74) is 4.05. The van der Waals surface area contributed by atoms with E-state index in [1.165, 1.54) is 0 Å². The molecule has 0 radical (unpaired) electrons. The van der Waals surface area contributed by atoms with Crippen LogP contribution < -0.4 is 5.32 Å². The molecule has 3 heteroatoms. The van der Waals surface area contributed by atoms with Crippen molar-refractivity contribution in [2.75, 3.05) is 6.54 Å². The maximum absolute atomic E-state index is 11.8. The quantitative estimate of drug-likeness (QED) is 0.852. The molecule has 0 aliphatic carbocycles. The molecule has 19 heavy (non-hydrogen) atoms. The molecule has 1 aromatic carbocycles. The maximum atomic E-state index is 11.8. The fraction of sp³-hybridized carbons (Fsp3) is 0.250. The first-order chi connectivity index (χ1) is 9.13. The van der Waals surface area contributed by atoms with Gasteiger partial charge in [-0.2, -0.15) is 0 Å². The molecule has 0 bridgehead atoms. The van der Waals surface area contributed by atoms with Gasteiger partial charge in [0.05, 0.1) is 11.9 Å². The number of aryl methyl sites for hydroxylation is 2. The summed E-state index contributed by atoms with van der Waals surface area (Å²) >= 11 is 0. The van der Waals surface area contributed by atoms with Crippen molar-refractivity contribution in [1.82, 2.24) is 10.3 Å². The molecule has 3 nitrogen and oxygen atoms in total. The van der Waals surface area contributed by atoms with Gasteiger partial charge in [-0.05, 0) is 31.0 Å². The second kappa shape index (κ2) is 5.65. The van der Waals surface area contributed by atoms with Crippen molar-refractivity contribution < 1.29 is 4.79 Å². The first kappa shape index (κ1) is 13.3. The molecule has 2 rings (SSSR count). The summed E-state index contributed by atoms with van der Waals surface area (Å²) in [5, 5.41) is 3.91. The van der Waals surface area contributed by atoms with E-state index >= 15 is 0 Å². The van der Waals surface area contributed by atoms with Crippen molar-refractivity contribution in [1.29, 1.82) is 0 Å². The van der Waals surface area contributed by atoms with Gasteiger partial charge in [-0.15, -0.1) is 6.58 Å². The number of para-hydroxylation sites is 1. The molecule has 1 N–H and O–H groups in total. The third kappa shape index (κ3) is 2.81. The standard InChI is InChI=1S/C16H18N2O/c1-4-9-17-16(19)10-14-11(2)13-7-5-6-8-15(13)18-12(14)3/h4-8H,1,9-10H2,2-3H3,(H,17,19). The van der Waals surface area contributed by atoms with Crippen LogP contribution >= 0.6 is 0 Å². The summed E-state index contributed by atoms with van der Waals surface area (Å²) in [5.74, 6) is 0.00295. The van der Waals surface area contributed by atoms with Gasteiger partial charge in [0.15, 0.2) is 0 Å². The lowest BCUT2D eigenvalue weighted by Crippen LogP contribution is -2.25. The largest absolute Gasteiger partial charge is 0.352 e. The fourth-order valence-electron chi connectivity index (χ4n) is 2.24. The van der Waals surface area contributed by atoms with Gasteiger partial charge in [-0.1, -0.05) is 24.3 Å². The van der Waals surface area contributed by atoms with E-state index in [1.54, 1.807) is 6.08 Å². The Labute approximate surface area is 113 Å². The van der Waals surface area contributed by atoms with Gasteiger partial charge in [0, 0.05) is 17.6 Å². The molecule has 0 saturated carbocycles. The highest BCUT2D eigenvalue weighted by atomic mass is 16.1. The zero-order valence-electron chi connectivity index (χ0n) is 11.4. The molecule has 98 valence electrons. The van der Waals surface area contributed by atoms with Crippen molar-refractivity contribution in [2.45, 2.75) is 20.3 Å². The number of hydrogen-bond donors (Lipinski definition) is 1. The zero-order chi connectivity index (χ0) is 13.8. The Balaban J connectivity index is 2.37. The van der Waals surface area contributed by atoms with Crippen LogP contribution in [0.2, 0.25) is 0 Å². The highest BCUT2D eigenvalue weighted by Crippen LogP contribution is 2.22. The second-order valence-electron chi connectivity index (χ2n) is 4.59. The van der Waals surface area contributed by atoms with Crippen LogP contribution in [0, 0.1) is 13.8 Å². The number of benzene rings is 1. The minimum absolute atomic E-state index is 0.00295. The molecule has 2 aromatic rings. The summed E-state index contributed by atoms with van der Waals surface area (Å²) in [6, 6.07) is 8.01. The number of carbonyl (C=O) groups is 1. The van der Waals surface area contributed by atoms with E-state index < -0.39 is 0 Å². The zero-order valence-corrected chi connectivity index (χ0v) is 11.4. The van der Waals surface area contributed by atoms with Crippen LogP contribution in [0.1, 0.15) is 16.8 Å². The van der Waals surface area contributed by atoms with E-state index in [2.05, 4.69) is 16.9 Å². The van der Waals surface area contributed by atoms with Gasteiger partial charge in [-0.25, -0.2) is 0 Å². The number of hydrogen-bond acceptors (Lipinski definition) is 2. The number of amides is 1. The maximum Gasteiger partial charge on any atom is 0.224 e. The van der Waals surface area contributed by atoms with Gasteiger partial charge in [0.1, 0.15) is 0 Å². The Morgan fingerprint density at radius 3 is 2.84 bits per heavy atom. The average Bonchev–Trinajstić information content (AvgIpc) is 2.41. The molecular formula is C16H18N2O. The van der Waals surface area contributed by atoms with Crippen LogP contribution in [0.3, 0.4) is 0 Å². The molecule has 0 spiro atoms. The molecule has 0 aliphatic rings. The van der Waals surface area contributed by atoms with E-state index in [0.717, 1.165) is 27.7 Å². The fourth-order valence-corrected chi connectivity index (χ4v) is 2.24. The monoisotopic (exact) mass is 254 g/mol. The molecule has 0 atom stereocenters. The lowest BCUT2D eigenvalue weighted by atomic mass is 9.99. The van der Waals surface area contributed by atoms with Crippen LogP contribution in [0.15, 0.2) is 36.9 Å². The van der Waals surface area contributed by atoms with Crippen LogP contribution in [0.5, 0.6) is 0 Å². The SMILES string of the molecule is C=CCNC(=O)Cc1c(C)nc2ccccc2c1C. The van der Waals surface area contributed by atoms with E-state index in [9.17, 15) is 4.79 Å². The third-order valence-electron chi connectivity index (χ3n) is 3.27. The Hall–Kier alpha value is -2.16. The summed E-state index contributed by atoms with van der Waals surface area (Å²) in [6.07, 6.45) is 2.04. The first-order valence-electron chi connectivity index (χ1n) is 6.36. The minimum atomic E-state index is 0.00295. The lowest BCUT2D eigenvalue weighted by Gasteiger charge is -2.12. The number of aromatic nitrogens is 1. The normalized spacial score (nSPS) is 10.4. The van der Waals surface area contributed by atoms with E-state index in [1.807, 2.05) is 38.1 Å². The summed E-state index contributed by atoms with van der Waals surface area (Å²) < 4.78 is 0. The van der Waals surface area contributed by atoms with Crippen LogP contribution in [-0.2, 0) is 11.2 Å². The van der Waals surface area contributed by atoms with Gasteiger partial charge < -0.3 is 5.32 Å². The van der Waals surface area contributed by atoms with Crippen LogP contribution in [-0.4, -0.2) is 17.4 Å². The summed E-state index contributed by atoms with van der Waals surface area (Å²) in [7, 11) is 0. The molecule has 0 unspecified atom stereocenters. The van der Waals surface area contributed by atoms with Crippen molar-refractivity contribution in [2.24, 2.45) is 0 Å². The van der Waals surface area contributed by atoms with Gasteiger partial charge in [0.2, 0.25) is 5.91 Å². The Bertz CT molecular complexity index is 632. The Morgan fingerprint density at radius 1 is 1.37 bits per heavy atom. The topological polar surface area (TPSA) is 42.0 Å². The van der Waals surface area contributed by atoms with Crippen molar-refractivity contribution in [3.05, 3.63) is 53.7 Å². The molecular weight excluding hydrogens is 236 g/mol. The second-order valence-corrected chi connectivity index (χ2v) is 4.59. The molecule has 1 aromatic heterocycles. The van der Waals surface area contributed by atoms with Crippen molar-refractivity contribution in [3.63, 3.8) is 0 Å². The Kier molecular flexibility index (Phi) is 3.95. The van der Waals surface area contributed by atoms with E-state index in [4.69, 9.17) is 0 Å². The van der Waals surface area contributed by atoms with Crippen molar-refractivity contribution >= 4 is 16.8 Å². The lowest BCUT2D eigenvalue weighted by molar-refractivity contribution is -0.120. The molecule has 1 amide bonds. The molecule has 0 fully saturated rings. The van der Waals surface area contributed by atoms with Gasteiger partial charge >= 0.3 is 0 Å². The number of rotatable bonds is 4. The Morgan fingerprint density at radius 2 is 2.11 bits per heavy atom. The summed E-state index contributed by atoms with van der Waals surface area (Å²) in [6.45, 7) is 8.09. The highest BCUT2D eigenvalue weighted by Gasteiger charge is 2.12. The van der Waals surface area contributed by atoms with Gasteiger partial charge in [-0.3, -0.25) is 9.78 Å². The average molecular weight is 254 g/mol. The summed E-state index contributed by atoms with van der Waals surface area (Å²) in [4.78, 5) is 16.4. The number of carbonyl (C=O) groups excluding carboxylic acids is 1. The van der Waals surface area contributed by atoms with Crippen molar-refractivity contribution in [3.8, 4) is 0 Å². The highest BCUT2D eigenvalue weighted by molar-refractivity contribution is 5.86. The minimum Gasteiger partial charge on any atom is -0.352 e. The number of pyridine rings is 1. The number of nitrogens with one attached hydrogen (secondary N) is 1. The molecule has 0 aliphatic heterocycles. The first-order valence-corrected chi connectivity index (χ1v) is 6.36. The van der Waals surface area contributed by atoms with E-state index in [-0.39, 0.29) is 5.91 Å². The number of nitrogens with zero attached hydrogens (tertiary/aromatic N) is 1. The van der Waals surface area contributed by atoms with Crippen LogP contribution in [0.4, 0.5) is 0 Å². The molecule has 0 saturated heterocycles. The predicted octanol–water partition coefficient (Wildman–Crippen LogP) is 2.70. The third-order valence-corrected chi connectivity index (χ3v) is 3.27. The predicted molar refractivity (Wildman–Crippen MR) is 78.1 cm³/mol.